The molecule has 1 aliphatic heterocycles. The lowest BCUT2D eigenvalue weighted by Crippen LogP contribution is -2.52. The van der Waals surface area contributed by atoms with E-state index in [4.69, 9.17) is 0 Å². The van der Waals surface area contributed by atoms with Crippen molar-refractivity contribution in [1.29, 1.82) is 0 Å². The van der Waals surface area contributed by atoms with Gasteiger partial charge in [-0.2, -0.15) is 0 Å². The van der Waals surface area contributed by atoms with E-state index in [1.165, 1.54) is 11.1 Å². The summed E-state index contributed by atoms with van der Waals surface area (Å²) < 4.78 is 0. The molecule has 0 amide bonds. The molecule has 2 atom stereocenters. The highest BCUT2D eigenvalue weighted by Gasteiger charge is 2.43. The quantitative estimate of drug-likeness (QED) is 0.592. The van der Waals surface area contributed by atoms with E-state index in [0.717, 1.165) is 24.2 Å². The van der Waals surface area contributed by atoms with Gasteiger partial charge in [0.05, 0.1) is 5.92 Å². The minimum atomic E-state index is 0.0416. The zero-order chi connectivity index (χ0) is 17.9. The first-order valence-corrected chi connectivity index (χ1v) is 9.26. The van der Waals surface area contributed by atoms with Crippen LogP contribution in [0, 0.1) is 5.92 Å². The normalized spacial score (nSPS) is 19.7. The third kappa shape index (κ3) is 3.09. The van der Waals surface area contributed by atoms with Crippen molar-refractivity contribution in [3.05, 3.63) is 96.1 Å². The van der Waals surface area contributed by atoms with Gasteiger partial charge in [0.1, 0.15) is 0 Å². The van der Waals surface area contributed by atoms with Crippen LogP contribution in [0.5, 0.6) is 0 Å². The van der Waals surface area contributed by atoms with Crippen LogP contribution in [-0.2, 0) is 0 Å². The Labute approximate surface area is 155 Å². The van der Waals surface area contributed by atoms with Crippen molar-refractivity contribution >= 4 is 5.78 Å². The predicted octanol–water partition coefficient (Wildman–Crippen LogP) is 5.23. The summed E-state index contributed by atoms with van der Waals surface area (Å²) in [6.07, 6.45) is 0. The minimum absolute atomic E-state index is 0.0416. The van der Waals surface area contributed by atoms with E-state index < -0.39 is 0 Å². The molecule has 0 bridgehead atoms. The molecule has 1 saturated heterocycles. The second-order valence-electron chi connectivity index (χ2n) is 6.86. The molecule has 26 heavy (non-hydrogen) atoms. The number of hydrogen-bond acceptors (Lipinski definition) is 2. The van der Waals surface area contributed by atoms with E-state index in [9.17, 15) is 4.79 Å². The first kappa shape index (κ1) is 16.7. The summed E-state index contributed by atoms with van der Waals surface area (Å²) in [5.41, 5.74) is 4.37. The van der Waals surface area contributed by atoms with E-state index in [1.54, 1.807) is 0 Å². The van der Waals surface area contributed by atoms with Crippen LogP contribution in [-0.4, -0.2) is 23.8 Å². The Morgan fingerprint density at radius 1 is 0.846 bits per heavy atom. The fourth-order valence-electron chi connectivity index (χ4n) is 3.90. The van der Waals surface area contributed by atoms with Gasteiger partial charge in [-0.05, 0) is 23.2 Å². The lowest BCUT2D eigenvalue weighted by molar-refractivity contribution is 0.0203. The van der Waals surface area contributed by atoms with Gasteiger partial charge in [-0.3, -0.25) is 9.69 Å². The van der Waals surface area contributed by atoms with E-state index in [-0.39, 0.29) is 17.7 Å². The molecule has 0 aromatic heterocycles. The van der Waals surface area contributed by atoms with Crippen molar-refractivity contribution in [1.82, 2.24) is 4.90 Å². The molecular weight excluding hydrogens is 318 g/mol. The standard InChI is InChI=1S/C24H23NO/c1-2-25-17-22(23(25)20-11-7-4-8-12-20)24(26)21-15-13-19(14-16-21)18-9-5-3-6-10-18/h3-16,22-23H,2,17H2,1H3/t22-,23-/m1/s1. The summed E-state index contributed by atoms with van der Waals surface area (Å²) in [5.74, 6) is 0.295. The van der Waals surface area contributed by atoms with Crippen molar-refractivity contribution in [2.45, 2.75) is 13.0 Å². The summed E-state index contributed by atoms with van der Waals surface area (Å²) in [7, 11) is 0. The molecule has 4 rings (SSSR count). The molecule has 130 valence electrons. The average Bonchev–Trinajstić information content (AvgIpc) is 2.69. The van der Waals surface area contributed by atoms with E-state index >= 15 is 0 Å². The van der Waals surface area contributed by atoms with Gasteiger partial charge in [0.15, 0.2) is 5.78 Å². The number of hydrogen-bond donors (Lipinski definition) is 0. The molecule has 0 spiro atoms. The average molecular weight is 341 g/mol. The Bertz CT molecular complexity index is 871. The van der Waals surface area contributed by atoms with Crippen LogP contribution in [0.3, 0.4) is 0 Å². The first-order valence-electron chi connectivity index (χ1n) is 9.26. The molecule has 1 aliphatic rings. The molecule has 3 aromatic carbocycles. The Balaban J connectivity index is 1.56. The summed E-state index contributed by atoms with van der Waals surface area (Å²) in [6.45, 7) is 3.97. The van der Waals surface area contributed by atoms with Gasteiger partial charge in [0.2, 0.25) is 0 Å². The van der Waals surface area contributed by atoms with Crippen LogP contribution >= 0.6 is 0 Å². The molecule has 0 radical (unpaired) electrons. The maximum atomic E-state index is 13.1. The predicted molar refractivity (Wildman–Crippen MR) is 106 cm³/mol. The van der Waals surface area contributed by atoms with Gasteiger partial charge in [0, 0.05) is 18.2 Å². The summed E-state index contributed by atoms with van der Waals surface area (Å²) in [6, 6.07) is 28.9. The Kier molecular flexibility index (Phi) is 4.68. The van der Waals surface area contributed by atoms with Crippen LogP contribution in [0.1, 0.15) is 28.9 Å². The van der Waals surface area contributed by atoms with Crippen LogP contribution in [0.15, 0.2) is 84.9 Å². The SMILES string of the molecule is CCN1C[C@@H](C(=O)c2ccc(-c3ccccc3)cc2)[C@H]1c1ccccc1. The maximum absolute atomic E-state index is 13.1. The van der Waals surface area contributed by atoms with Crippen LogP contribution in [0.25, 0.3) is 11.1 Å². The second kappa shape index (κ2) is 7.27. The summed E-state index contributed by atoms with van der Waals surface area (Å²) in [4.78, 5) is 15.5. The van der Waals surface area contributed by atoms with Crippen molar-refractivity contribution in [2.75, 3.05) is 13.1 Å². The lowest BCUT2D eigenvalue weighted by Gasteiger charge is -2.47. The molecule has 1 fully saturated rings. The molecular formula is C24H23NO. The number of rotatable bonds is 5. The van der Waals surface area contributed by atoms with Gasteiger partial charge in [-0.15, -0.1) is 0 Å². The summed E-state index contributed by atoms with van der Waals surface area (Å²) >= 11 is 0. The largest absolute Gasteiger partial charge is 0.295 e. The third-order valence-corrected chi connectivity index (χ3v) is 5.37. The molecule has 3 aromatic rings. The van der Waals surface area contributed by atoms with Gasteiger partial charge in [-0.1, -0.05) is 91.9 Å². The zero-order valence-corrected chi connectivity index (χ0v) is 15.0. The first-order chi connectivity index (χ1) is 12.8. The highest BCUT2D eigenvalue weighted by molar-refractivity contribution is 5.99. The van der Waals surface area contributed by atoms with Gasteiger partial charge in [-0.25, -0.2) is 0 Å². The zero-order valence-electron chi connectivity index (χ0n) is 15.0. The van der Waals surface area contributed by atoms with Crippen LogP contribution < -0.4 is 0 Å². The van der Waals surface area contributed by atoms with Crippen molar-refractivity contribution in [3.8, 4) is 11.1 Å². The second-order valence-corrected chi connectivity index (χ2v) is 6.86. The van der Waals surface area contributed by atoms with E-state index in [2.05, 4.69) is 60.4 Å². The smallest absolute Gasteiger partial charge is 0.169 e. The number of nitrogens with zero attached hydrogens (tertiary/aromatic N) is 1. The fraction of sp³-hybridized carbons (Fsp3) is 0.208. The molecule has 0 unspecified atom stereocenters. The number of carbonyl (C=O) groups excluding carboxylic acids is 1. The maximum Gasteiger partial charge on any atom is 0.169 e. The number of Topliss-reactive ketones (excluding diaryl/α,β-unsaturated/α-hetero) is 1. The van der Waals surface area contributed by atoms with Gasteiger partial charge < -0.3 is 0 Å². The summed E-state index contributed by atoms with van der Waals surface area (Å²) in [5, 5.41) is 0. The molecule has 2 heteroatoms. The van der Waals surface area contributed by atoms with Crippen LogP contribution in [0.2, 0.25) is 0 Å². The number of benzene rings is 3. The Morgan fingerprint density at radius 3 is 2.04 bits per heavy atom. The van der Waals surface area contributed by atoms with Crippen molar-refractivity contribution < 1.29 is 4.79 Å². The van der Waals surface area contributed by atoms with Gasteiger partial charge >= 0.3 is 0 Å². The molecule has 2 nitrogen and oxygen atoms in total. The Hall–Kier alpha value is -2.71. The fourth-order valence-corrected chi connectivity index (χ4v) is 3.90. The Morgan fingerprint density at radius 2 is 1.42 bits per heavy atom. The lowest BCUT2D eigenvalue weighted by atomic mass is 9.78. The topological polar surface area (TPSA) is 20.3 Å². The third-order valence-electron chi connectivity index (χ3n) is 5.37. The highest BCUT2D eigenvalue weighted by Crippen LogP contribution is 2.40. The number of likely N-dealkylation sites (tertiary alicyclic amines) is 1. The molecule has 0 N–H and O–H groups in total. The van der Waals surface area contributed by atoms with Gasteiger partial charge in [0.25, 0.3) is 0 Å². The van der Waals surface area contributed by atoms with E-state index in [1.807, 2.05) is 36.4 Å². The van der Waals surface area contributed by atoms with Crippen molar-refractivity contribution in [3.63, 3.8) is 0 Å². The molecule has 0 aliphatic carbocycles. The van der Waals surface area contributed by atoms with Crippen LogP contribution in [0.4, 0.5) is 0 Å². The van der Waals surface area contributed by atoms with E-state index in [0.29, 0.717) is 0 Å². The molecule has 0 saturated carbocycles. The monoisotopic (exact) mass is 341 g/mol. The number of carbonyl (C=O) groups is 1. The minimum Gasteiger partial charge on any atom is -0.295 e. The highest BCUT2D eigenvalue weighted by atomic mass is 16.1. The molecule has 1 heterocycles. The number of ketones is 1. The van der Waals surface area contributed by atoms with Crippen molar-refractivity contribution in [2.24, 2.45) is 5.92 Å².